The van der Waals surface area contributed by atoms with Crippen molar-refractivity contribution in [2.45, 2.75) is 25.3 Å². The van der Waals surface area contributed by atoms with E-state index in [0.29, 0.717) is 39.3 Å². The van der Waals surface area contributed by atoms with Gasteiger partial charge in [0, 0.05) is 39.3 Å². The van der Waals surface area contributed by atoms with Crippen LogP contribution in [0.5, 0.6) is 5.75 Å². The van der Waals surface area contributed by atoms with Gasteiger partial charge in [0.15, 0.2) is 0 Å². The SMILES string of the molecule is COc1ccc(CN2C[C@H]3CN(Cc4ccc(C(F)(F)F)cc4)CCN3C2=O)cc1. The lowest BCUT2D eigenvalue weighted by atomic mass is 10.1. The summed E-state index contributed by atoms with van der Waals surface area (Å²) in [6.07, 6.45) is -4.32. The summed E-state index contributed by atoms with van der Waals surface area (Å²) in [6.45, 7) is 3.83. The zero-order valence-electron chi connectivity index (χ0n) is 16.7. The van der Waals surface area contributed by atoms with Crippen LogP contribution < -0.4 is 4.74 Å². The Morgan fingerprint density at radius 2 is 1.57 bits per heavy atom. The van der Waals surface area contributed by atoms with Gasteiger partial charge in [0.25, 0.3) is 0 Å². The second-order valence-corrected chi connectivity index (χ2v) is 7.79. The van der Waals surface area contributed by atoms with E-state index in [9.17, 15) is 18.0 Å². The Balaban J connectivity index is 1.35. The molecule has 2 saturated heterocycles. The Hall–Kier alpha value is -2.74. The van der Waals surface area contributed by atoms with Gasteiger partial charge in [-0.3, -0.25) is 4.90 Å². The highest BCUT2D eigenvalue weighted by molar-refractivity contribution is 5.77. The monoisotopic (exact) mass is 419 g/mol. The average Bonchev–Trinajstić information content (AvgIpc) is 3.03. The molecule has 0 bridgehead atoms. The molecule has 0 aliphatic carbocycles. The van der Waals surface area contributed by atoms with Crippen LogP contribution in [0.15, 0.2) is 48.5 Å². The number of piperazine rings is 1. The molecule has 2 aliphatic heterocycles. The first kappa shape index (κ1) is 20.5. The zero-order chi connectivity index (χ0) is 21.3. The number of rotatable bonds is 5. The number of amides is 2. The van der Waals surface area contributed by atoms with Crippen LogP contribution in [0.2, 0.25) is 0 Å². The van der Waals surface area contributed by atoms with Gasteiger partial charge in [0.1, 0.15) is 5.75 Å². The highest BCUT2D eigenvalue weighted by Gasteiger charge is 2.40. The van der Waals surface area contributed by atoms with Crippen LogP contribution in [0.4, 0.5) is 18.0 Å². The molecule has 2 aromatic carbocycles. The maximum Gasteiger partial charge on any atom is 0.416 e. The van der Waals surface area contributed by atoms with Gasteiger partial charge in [0.05, 0.1) is 18.7 Å². The number of nitrogens with zero attached hydrogens (tertiary/aromatic N) is 3. The van der Waals surface area contributed by atoms with Crippen LogP contribution in [0.25, 0.3) is 0 Å². The normalized spacial score (nSPS) is 19.9. The molecule has 2 aromatic rings. The number of halogens is 3. The van der Waals surface area contributed by atoms with Crippen LogP contribution >= 0.6 is 0 Å². The minimum atomic E-state index is -4.32. The number of urea groups is 1. The van der Waals surface area contributed by atoms with E-state index in [1.807, 2.05) is 34.1 Å². The molecular weight excluding hydrogens is 395 g/mol. The van der Waals surface area contributed by atoms with Crippen LogP contribution in [0, 0.1) is 0 Å². The predicted molar refractivity (Wildman–Crippen MR) is 106 cm³/mol. The number of carbonyl (C=O) groups is 1. The zero-order valence-corrected chi connectivity index (χ0v) is 16.7. The molecule has 2 fully saturated rings. The third kappa shape index (κ3) is 4.38. The van der Waals surface area contributed by atoms with Gasteiger partial charge in [-0.15, -0.1) is 0 Å². The van der Waals surface area contributed by atoms with Crippen LogP contribution in [0.3, 0.4) is 0 Å². The van der Waals surface area contributed by atoms with Gasteiger partial charge in [-0.05, 0) is 35.4 Å². The molecule has 160 valence electrons. The lowest BCUT2D eigenvalue weighted by molar-refractivity contribution is -0.137. The van der Waals surface area contributed by atoms with E-state index in [1.165, 1.54) is 12.1 Å². The van der Waals surface area contributed by atoms with Crippen molar-refractivity contribution >= 4 is 6.03 Å². The summed E-state index contributed by atoms with van der Waals surface area (Å²) in [4.78, 5) is 18.7. The molecule has 2 amide bonds. The molecule has 1 atom stereocenters. The smallest absolute Gasteiger partial charge is 0.416 e. The fourth-order valence-electron chi connectivity index (χ4n) is 4.13. The molecule has 0 spiro atoms. The van der Waals surface area contributed by atoms with Crippen molar-refractivity contribution < 1.29 is 22.7 Å². The number of fused-ring (bicyclic) bond motifs is 1. The lowest BCUT2D eigenvalue weighted by Gasteiger charge is -2.36. The fraction of sp³-hybridized carbons (Fsp3) is 0.409. The first-order valence-corrected chi connectivity index (χ1v) is 9.90. The van der Waals surface area contributed by atoms with E-state index >= 15 is 0 Å². The number of alkyl halides is 3. The third-order valence-electron chi connectivity index (χ3n) is 5.73. The van der Waals surface area contributed by atoms with Crippen molar-refractivity contribution in [3.05, 3.63) is 65.2 Å². The number of methoxy groups -OCH3 is 1. The van der Waals surface area contributed by atoms with Crippen molar-refractivity contribution in [1.29, 1.82) is 0 Å². The summed E-state index contributed by atoms with van der Waals surface area (Å²) in [6, 6.07) is 13.1. The van der Waals surface area contributed by atoms with E-state index in [4.69, 9.17) is 4.74 Å². The summed E-state index contributed by atoms with van der Waals surface area (Å²) >= 11 is 0. The van der Waals surface area contributed by atoms with Gasteiger partial charge in [-0.25, -0.2) is 4.79 Å². The lowest BCUT2D eigenvalue weighted by Crippen LogP contribution is -2.51. The standard InChI is InChI=1S/C22H24F3N3O2/c1-30-20-8-4-17(5-9-20)13-27-15-19-14-26(10-11-28(19)21(27)29)12-16-2-6-18(7-3-16)22(23,24)25/h2-9,19H,10-15H2,1H3/t19-/m1/s1. The first-order chi connectivity index (χ1) is 14.3. The Bertz CT molecular complexity index is 884. The second kappa shape index (κ2) is 8.18. The fourth-order valence-corrected chi connectivity index (χ4v) is 4.13. The van der Waals surface area contributed by atoms with Crippen LogP contribution in [-0.2, 0) is 19.3 Å². The molecular formula is C22H24F3N3O2. The molecule has 8 heteroatoms. The molecule has 0 saturated carbocycles. The Morgan fingerprint density at radius 1 is 0.933 bits per heavy atom. The van der Waals surface area contributed by atoms with Crippen LogP contribution in [0.1, 0.15) is 16.7 Å². The predicted octanol–water partition coefficient (Wildman–Crippen LogP) is 3.84. The van der Waals surface area contributed by atoms with Crippen molar-refractivity contribution in [2.75, 3.05) is 33.3 Å². The number of carbonyl (C=O) groups excluding carboxylic acids is 1. The molecule has 2 heterocycles. The Labute approximate surface area is 173 Å². The third-order valence-corrected chi connectivity index (χ3v) is 5.73. The molecule has 30 heavy (non-hydrogen) atoms. The Morgan fingerprint density at radius 3 is 2.20 bits per heavy atom. The largest absolute Gasteiger partial charge is 0.497 e. The minimum Gasteiger partial charge on any atom is -0.497 e. The second-order valence-electron chi connectivity index (χ2n) is 7.79. The maximum absolute atomic E-state index is 12.8. The molecule has 0 unspecified atom stereocenters. The average molecular weight is 419 g/mol. The molecule has 4 rings (SSSR count). The van der Waals surface area contributed by atoms with Crippen LogP contribution in [-0.4, -0.2) is 60.1 Å². The van der Waals surface area contributed by atoms with Crippen molar-refractivity contribution in [2.24, 2.45) is 0 Å². The minimum absolute atomic E-state index is 0.0463. The van der Waals surface area contributed by atoms with Crippen molar-refractivity contribution in [3.63, 3.8) is 0 Å². The van der Waals surface area contributed by atoms with E-state index in [1.54, 1.807) is 7.11 Å². The van der Waals surface area contributed by atoms with E-state index in [2.05, 4.69) is 4.90 Å². The van der Waals surface area contributed by atoms with Crippen molar-refractivity contribution in [1.82, 2.24) is 14.7 Å². The van der Waals surface area contributed by atoms with E-state index in [-0.39, 0.29) is 12.1 Å². The molecule has 0 N–H and O–H groups in total. The quantitative estimate of drug-likeness (QED) is 0.739. The summed E-state index contributed by atoms with van der Waals surface area (Å²) in [5.74, 6) is 0.780. The highest BCUT2D eigenvalue weighted by atomic mass is 19.4. The summed E-state index contributed by atoms with van der Waals surface area (Å²) in [5, 5.41) is 0. The molecule has 2 aliphatic rings. The maximum atomic E-state index is 12.8. The van der Waals surface area contributed by atoms with E-state index < -0.39 is 11.7 Å². The molecule has 5 nitrogen and oxygen atoms in total. The number of benzene rings is 2. The van der Waals surface area contributed by atoms with Gasteiger partial charge < -0.3 is 14.5 Å². The number of hydrogen-bond acceptors (Lipinski definition) is 3. The topological polar surface area (TPSA) is 36.0 Å². The van der Waals surface area contributed by atoms with Gasteiger partial charge in [-0.1, -0.05) is 24.3 Å². The Kier molecular flexibility index (Phi) is 5.60. The van der Waals surface area contributed by atoms with Gasteiger partial charge in [0.2, 0.25) is 0 Å². The summed E-state index contributed by atoms with van der Waals surface area (Å²) in [7, 11) is 1.62. The van der Waals surface area contributed by atoms with Crippen molar-refractivity contribution in [3.8, 4) is 5.75 Å². The van der Waals surface area contributed by atoms with Gasteiger partial charge >= 0.3 is 12.2 Å². The highest BCUT2D eigenvalue weighted by Crippen LogP contribution is 2.29. The molecule has 0 radical (unpaired) electrons. The number of ether oxygens (including phenoxy) is 1. The van der Waals surface area contributed by atoms with E-state index in [0.717, 1.165) is 29.0 Å². The first-order valence-electron chi connectivity index (χ1n) is 9.90. The summed E-state index contributed by atoms with van der Waals surface area (Å²) < 4.78 is 43.4. The van der Waals surface area contributed by atoms with Gasteiger partial charge in [-0.2, -0.15) is 13.2 Å². The summed E-state index contributed by atoms with van der Waals surface area (Å²) in [5.41, 5.74) is 1.26. The number of hydrogen-bond donors (Lipinski definition) is 0. The molecule has 0 aromatic heterocycles.